The lowest BCUT2D eigenvalue weighted by Crippen LogP contribution is -1.80. The number of anilines is 1. The Balaban J connectivity index is 2.89. The van der Waals surface area contributed by atoms with Crippen molar-refractivity contribution in [1.29, 1.82) is 0 Å². The second kappa shape index (κ2) is 3.01. The Kier molecular flexibility index (Phi) is 2.05. The summed E-state index contributed by atoms with van der Waals surface area (Å²) >= 11 is 0. The first kappa shape index (κ1) is 6.81. The van der Waals surface area contributed by atoms with E-state index >= 15 is 0 Å². The van der Waals surface area contributed by atoms with E-state index in [0.717, 1.165) is 11.4 Å². The SMILES string of the molecule is CC=Nc1ccc(N)cc1. The predicted molar refractivity (Wildman–Crippen MR) is 44.7 cm³/mol. The molecule has 0 spiro atoms. The molecule has 2 N–H and O–H groups in total. The lowest BCUT2D eigenvalue weighted by atomic mass is 10.3. The van der Waals surface area contributed by atoms with Crippen LogP contribution in [0.1, 0.15) is 6.92 Å². The molecular weight excluding hydrogens is 124 g/mol. The van der Waals surface area contributed by atoms with Gasteiger partial charge >= 0.3 is 0 Å². The Hall–Kier alpha value is -1.31. The summed E-state index contributed by atoms with van der Waals surface area (Å²) in [5.74, 6) is 0. The van der Waals surface area contributed by atoms with Gasteiger partial charge in [0.05, 0.1) is 5.69 Å². The molecule has 0 unspecified atom stereocenters. The molecule has 0 aromatic heterocycles. The van der Waals surface area contributed by atoms with E-state index in [-0.39, 0.29) is 0 Å². The maximum Gasteiger partial charge on any atom is 0.0627 e. The third kappa shape index (κ3) is 1.58. The molecule has 1 aromatic rings. The fourth-order valence-electron chi connectivity index (χ4n) is 0.709. The number of benzene rings is 1. The molecule has 0 fully saturated rings. The van der Waals surface area contributed by atoms with Gasteiger partial charge in [0.1, 0.15) is 0 Å². The molecule has 0 bridgehead atoms. The molecule has 52 valence electrons. The molecule has 0 atom stereocenters. The molecule has 2 nitrogen and oxygen atoms in total. The zero-order chi connectivity index (χ0) is 7.40. The smallest absolute Gasteiger partial charge is 0.0627 e. The molecule has 0 radical (unpaired) electrons. The molecule has 1 aromatic carbocycles. The van der Waals surface area contributed by atoms with Gasteiger partial charge in [-0.05, 0) is 31.2 Å². The highest BCUT2D eigenvalue weighted by Crippen LogP contribution is 2.12. The van der Waals surface area contributed by atoms with Crippen LogP contribution in [0.5, 0.6) is 0 Å². The number of rotatable bonds is 1. The number of hydrogen-bond acceptors (Lipinski definition) is 2. The number of hydrogen-bond donors (Lipinski definition) is 1. The Morgan fingerprint density at radius 2 is 1.90 bits per heavy atom. The van der Waals surface area contributed by atoms with Crippen molar-refractivity contribution >= 4 is 17.6 Å². The standard InChI is InChI=1S/C8H10N2/c1-2-10-8-5-3-7(9)4-6-8/h2-6H,9H2,1H3. The van der Waals surface area contributed by atoms with E-state index in [0.29, 0.717) is 0 Å². The molecule has 0 saturated heterocycles. The maximum absolute atomic E-state index is 5.47. The molecule has 1 rings (SSSR count). The third-order valence-corrected chi connectivity index (χ3v) is 1.17. The molecule has 0 amide bonds. The molecule has 0 aliphatic carbocycles. The molecule has 0 heterocycles. The van der Waals surface area contributed by atoms with Crippen LogP contribution < -0.4 is 5.73 Å². The highest BCUT2D eigenvalue weighted by Gasteiger charge is 1.84. The first-order chi connectivity index (χ1) is 4.83. The molecule has 10 heavy (non-hydrogen) atoms. The lowest BCUT2D eigenvalue weighted by molar-refractivity contribution is 1.53. The van der Waals surface area contributed by atoms with Crippen molar-refractivity contribution in [3.63, 3.8) is 0 Å². The van der Waals surface area contributed by atoms with Crippen LogP contribution in [0.2, 0.25) is 0 Å². The van der Waals surface area contributed by atoms with Gasteiger partial charge in [0, 0.05) is 11.9 Å². The van der Waals surface area contributed by atoms with Gasteiger partial charge in [-0.15, -0.1) is 0 Å². The van der Waals surface area contributed by atoms with Gasteiger partial charge in [-0.1, -0.05) is 0 Å². The van der Waals surface area contributed by atoms with Gasteiger partial charge in [0.2, 0.25) is 0 Å². The van der Waals surface area contributed by atoms with Crippen LogP contribution in [-0.2, 0) is 0 Å². The number of aliphatic imine (C=N–C) groups is 1. The van der Waals surface area contributed by atoms with E-state index in [9.17, 15) is 0 Å². The van der Waals surface area contributed by atoms with Gasteiger partial charge < -0.3 is 5.73 Å². The van der Waals surface area contributed by atoms with Crippen LogP contribution >= 0.6 is 0 Å². The fourth-order valence-corrected chi connectivity index (χ4v) is 0.709. The van der Waals surface area contributed by atoms with Crippen molar-refractivity contribution in [2.75, 3.05) is 5.73 Å². The van der Waals surface area contributed by atoms with Crippen molar-refractivity contribution in [3.05, 3.63) is 24.3 Å². The third-order valence-electron chi connectivity index (χ3n) is 1.17. The zero-order valence-electron chi connectivity index (χ0n) is 5.91. The number of nitrogen functional groups attached to an aromatic ring is 1. The molecular formula is C8H10N2. The van der Waals surface area contributed by atoms with Gasteiger partial charge in [-0.3, -0.25) is 4.99 Å². The van der Waals surface area contributed by atoms with Crippen molar-refractivity contribution in [2.45, 2.75) is 6.92 Å². The van der Waals surface area contributed by atoms with Crippen LogP contribution in [0.15, 0.2) is 29.3 Å². The Morgan fingerprint density at radius 3 is 2.40 bits per heavy atom. The van der Waals surface area contributed by atoms with E-state index in [4.69, 9.17) is 5.73 Å². The molecule has 2 heteroatoms. The summed E-state index contributed by atoms with van der Waals surface area (Å²) in [6, 6.07) is 7.44. The van der Waals surface area contributed by atoms with Crippen molar-refractivity contribution < 1.29 is 0 Å². The second-order valence-electron chi connectivity index (χ2n) is 1.98. The van der Waals surface area contributed by atoms with Gasteiger partial charge in [-0.2, -0.15) is 0 Å². The van der Waals surface area contributed by atoms with Crippen molar-refractivity contribution in [1.82, 2.24) is 0 Å². The minimum absolute atomic E-state index is 0.773. The zero-order valence-corrected chi connectivity index (χ0v) is 5.91. The first-order valence-corrected chi connectivity index (χ1v) is 3.17. The van der Waals surface area contributed by atoms with Crippen molar-refractivity contribution in [3.8, 4) is 0 Å². The molecule has 0 aliphatic rings. The van der Waals surface area contributed by atoms with Gasteiger partial charge in [0.25, 0.3) is 0 Å². The number of nitrogens with two attached hydrogens (primary N) is 1. The van der Waals surface area contributed by atoms with Crippen LogP contribution in [0.25, 0.3) is 0 Å². The van der Waals surface area contributed by atoms with Gasteiger partial charge in [0.15, 0.2) is 0 Å². The highest BCUT2D eigenvalue weighted by molar-refractivity contribution is 5.61. The summed E-state index contributed by atoms with van der Waals surface area (Å²) in [5.41, 5.74) is 7.19. The minimum Gasteiger partial charge on any atom is -0.399 e. The number of nitrogens with zero attached hydrogens (tertiary/aromatic N) is 1. The Morgan fingerprint density at radius 1 is 1.30 bits per heavy atom. The summed E-state index contributed by atoms with van der Waals surface area (Å²) < 4.78 is 0. The maximum atomic E-state index is 5.47. The van der Waals surface area contributed by atoms with E-state index in [1.165, 1.54) is 0 Å². The van der Waals surface area contributed by atoms with E-state index in [1.807, 2.05) is 31.2 Å². The summed E-state index contributed by atoms with van der Waals surface area (Å²) in [5, 5.41) is 0. The van der Waals surface area contributed by atoms with E-state index in [2.05, 4.69) is 4.99 Å². The predicted octanol–water partition coefficient (Wildman–Crippen LogP) is 1.99. The minimum atomic E-state index is 0.773. The average Bonchev–Trinajstić information content (AvgIpc) is 1.95. The van der Waals surface area contributed by atoms with E-state index in [1.54, 1.807) is 6.21 Å². The summed E-state index contributed by atoms with van der Waals surface area (Å²) in [7, 11) is 0. The highest BCUT2D eigenvalue weighted by atomic mass is 14.7. The quantitative estimate of drug-likeness (QED) is 0.463. The Labute approximate surface area is 60.4 Å². The fraction of sp³-hybridized carbons (Fsp3) is 0.125. The van der Waals surface area contributed by atoms with Crippen LogP contribution in [0, 0.1) is 0 Å². The van der Waals surface area contributed by atoms with E-state index < -0.39 is 0 Å². The molecule has 0 saturated carbocycles. The van der Waals surface area contributed by atoms with Crippen LogP contribution in [0.4, 0.5) is 11.4 Å². The monoisotopic (exact) mass is 134 g/mol. The van der Waals surface area contributed by atoms with Crippen molar-refractivity contribution in [2.24, 2.45) is 4.99 Å². The summed E-state index contributed by atoms with van der Waals surface area (Å²) in [6.07, 6.45) is 1.76. The average molecular weight is 134 g/mol. The summed E-state index contributed by atoms with van der Waals surface area (Å²) in [6.45, 7) is 1.89. The second-order valence-corrected chi connectivity index (χ2v) is 1.98. The largest absolute Gasteiger partial charge is 0.399 e. The first-order valence-electron chi connectivity index (χ1n) is 3.17. The molecule has 0 aliphatic heterocycles. The van der Waals surface area contributed by atoms with Gasteiger partial charge in [-0.25, -0.2) is 0 Å². The topological polar surface area (TPSA) is 38.4 Å². The lowest BCUT2D eigenvalue weighted by Gasteiger charge is -1.92. The Bertz CT molecular complexity index is 224. The summed E-state index contributed by atoms with van der Waals surface area (Å²) in [4.78, 5) is 4.07. The normalized spacial score (nSPS) is 10.5. The van der Waals surface area contributed by atoms with Crippen LogP contribution in [-0.4, -0.2) is 6.21 Å². The van der Waals surface area contributed by atoms with Crippen LogP contribution in [0.3, 0.4) is 0 Å².